The lowest BCUT2D eigenvalue weighted by Gasteiger charge is -2.08. The molecule has 0 bridgehead atoms. The van der Waals surface area contributed by atoms with Gasteiger partial charge in [0.2, 0.25) is 5.43 Å². The van der Waals surface area contributed by atoms with Crippen LogP contribution in [0.4, 0.5) is 0 Å². The number of H-pyrrole nitrogens is 2. The van der Waals surface area contributed by atoms with Gasteiger partial charge in [-0.15, -0.1) is 11.3 Å². The van der Waals surface area contributed by atoms with Crippen molar-refractivity contribution in [2.75, 3.05) is 6.61 Å². The molecular weight excluding hydrogens is 402 g/mol. The summed E-state index contributed by atoms with van der Waals surface area (Å²) in [5.74, 6) is 0.220. The second-order valence-corrected chi connectivity index (χ2v) is 8.18. The van der Waals surface area contributed by atoms with Gasteiger partial charge in [0.15, 0.2) is 5.75 Å². The van der Waals surface area contributed by atoms with Crippen LogP contribution in [0, 0.1) is 6.92 Å². The Hall–Kier alpha value is -3.39. The van der Waals surface area contributed by atoms with Crippen LogP contribution < -0.4 is 21.4 Å². The molecule has 30 heavy (non-hydrogen) atoms. The quantitative estimate of drug-likeness (QED) is 0.497. The van der Waals surface area contributed by atoms with Gasteiger partial charge in [0.25, 0.3) is 5.56 Å². The van der Waals surface area contributed by atoms with Gasteiger partial charge in [0.1, 0.15) is 4.83 Å². The lowest BCUT2D eigenvalue weighted by Crippen LogP contribution is -2.35. The van der Waals surface area contributed by atoms with Crippen molar-refractivity contribution in [1.82, 2.24) is 14.5 Å². The topological polar surface area (TPSA) is 96.9 Å². The maximum absolute atomic E-state index is 13.3. The summed E-state index contributed by atoms with van der Waals surface area (Å²) >= 11 is 1.39. The summed E-state index contributed by atoms with van der Waals surface area (Å²) in [5, 5.41) is 0.480. The number of hydrogen-bond acceptors (Lipinski definition) is 5. The molecule has 0 spiro atoms. The summed E-state index contributed by atoms with van der Waals surface area (Å²) in [6.07, 6.45) is 2.25. The van der Waals surface area contributed by atoms with Gasteiger partial charge in [-0.25, -0.2) is 4.79 Å². The van der Waals surface area contributed by atoms with Crippen molar-refractivity contribution < 1.29 is 4.74 Å². The second-order valence-electron chi connectivity index (χ2n) is 6.96. The number of thiophene rings is 1. The number of hydrogen-bond donors (Lipinski definition) is 2. The largest absolute Gasteiger partial charge is 0.488 e. The van der Waals surface area contributed by atoms with Crippen LogP contribution >= 0.6 is 11.3 Å². The Morgan fingerprint density at radius 3 is 2.60 bits per heavy atom. The van der Waals surface area contributed by atoms with Crippen molar-refractivity contribution in [3.8, 4) is 16.9 Å². The Labute approximate surface area is 175 Å². The van der Waals surface area contributed by atoms with Crippen LogP contribution in [0.15, 0.2) is 57.0 Å². The summed E-state index contributed by atoms with van der Waals surface area (Å²) in [4.78, 5) is 45.4. The van der Waals surface area contributed by atoms with Crippen LogP contribution in [0.2, 0.25) is 0 Å². The van der Waals surface area contributed by atoms with Gasteiger partial charge in [-0.1, -0.05) is 37.3 Å². The maximum Gasteiger partial charge on any atom is 0.329 e. The van der Waals surface area contributed by atoms with Crippen LogP contribution in [0.25, 0.3) is 21.3 Å². The van der Waals surface area contributed by atoms with Crippen LogP contribution in [0.5, 0.6) is 5.75 Å². The van der Waals surface area contributed by atoms with E-state index >= 15 is 0 Å². The van der Waals surface area contributed by atoms with E-state index in [9.17, 15) is 14.4 Å². The number of rotatable bonds is 6. The number of benzene rings is 1. The monoisotopic (exact) mass is 423 g/mol. The van der Waals surface area contributed by atoms with Gasteiger partial charge in [-0.3, -0.25) is 19.1 Å². The van der Waals surface area contributed by atoms with E-state index in [1.807, 2.05) is 44.2 Å². The zero-order chi connectivity index (χ0) is 21.3. The van der Waals surface area contributed by atoms with Crippen LogP contribution in [-0.4, -0.2) is 21.1 Å². The minimum atomic E-state index is -0.513. The number of ether oxygens (including phenoxy) is 1. The van der Waals surface area contributed by atoms with Crippen molar-refractivity contribution in [3.63, 3.8) is 0 Å². The molecule has 0 radical (unpaired) electrons. The average molecular weight is 423 g/mol. The molecule has 4 aromatic rings. The average Bonchev–Trinajstić information content (AvgIpc) is 3.07. The molecule has 154 valence electrons. The van der Waals surface area contributed by atoms with E-state index < -0.39 is 5.69 Å². The smallest absolute Gasteiger partial charge is 0.329 e. The molecule has 0 saturated carbocycles. The van der Waals surface area contributed by atoms with E-state index in [0.717, 1.165) is 27.0 Å². The fourth-order valence-corrected chi connectivity index (χ4v) is 4.47. The van der Waals surface area contributed by atoms with Gasteiger partial charge in [0.05, 0.1) is 18.5 Å². The van der Waals surface area contributed by atoms with Gasteiger partial charge in [-0.2, -0.15) is 0 Å². The zero-order valence-electron chi connectivity index (χ0n) is 16.7. The molecule has 4 rings (SSSR count). The van der Waals surface area contributed by atoms with Gasteiger partial charge in [-0.05, 0) is 18.9 Å². The first-order valence-electron chi connectivity index (χ1n) is 9.65. The Morgan fingerprint density at radius 1 is 1.13 bits per heavy atom. The third kappa shape index (κ3) is 3.61. The SMILES string of the molecule is CCCOc1c[nH]c(Cn2c(=O)[nH]c3sc(C)c(-c4ccccc4)c3c2=O)cc1=O. The number of aryl methyl sites for hydroxylation is 1. The van der Waals surface area contributed by atoms with E-state index in [4.69, 9.17) is 4.74 Å². The summed E-state index contributed by atoms with van der Waals surface area (Å²) in [6, 6.07) is 11.0. The van der Waals surface area contributed by atoms with Gasteiger partial charge in [0, 0.05) is 28.4 Å². The van der Waals surface area contributed by atoms with E-state index in [1.165, 1.54) is 23.6 Å². The molecule has 1 aromatic carbocycles. The van der Waals surface area contributed by atoms with Gasteiger partial charge < -0.3 is 9.72 Å². The summed E-state index contributed by atoms with van der Waals surface area (Å²) in [7, 11) is 0. The molecule has 0 aliphatic heterocycles. The van der Waals surface area contributed by atoms with Crippen LogP contribution in [-0.2, 0) is 6.54 Å². The molecule has 8 heteroatoms. The Kier molecular flexibility index (Phi) is 5.41. The molecule has 3 heterocycles. The predicted molar refractivity (Wildman–Crippen MR) is 119 cm³/mol. The second kappa shape index (κ2) is 8.16. The third-order valence-corrected chi connectivity index (χ3v) is 5.82. The highest BCUT2D eigenvalue weighted by atomic mass is 32.1. The molecule has 2 N–H and O–H groups in total. The fraction of sp³-hybridized carbons (Fsp3) is 0.227. The maximum atomic E-state index is 13.3. The molecular formula is C22H21N3O4S. The lowest BCUT2D eigenvalue weighted by atomic mass is 10.0. The highest BCUT2D eigenvalue weighted by Crippen LogP contribution is 2.34. The molecule has 3 aromatic heterocycles. The Balaban J connectivity index is 1.81. The Bertz CT molecular complexity index is 1380. The highest BCUT2D eigenvalue weighted by Gasteiger charge is 2.18. The summed E-state index contributed by atoms with van der Waals surface area (Å²) < 4.78 is 6.49. The van der Waals surface area contributed by atoms with Crippen LogP contribution in [0.3, 0.4) is 0 Å². The normalized spacial score (nSPS) is 11.1. The molecule has 0 aliphatic rings. The molecule has 0 saturated heterocycles. The fourth-order valence-electron chi connectivity index (χ4n) is 3.41. The standard InChI is InChI=1S/C22H21N3O4S/c1-3-9-29-17-11-23-15(10-16(17)26)12-25-21(27)19-18(14-7-5-4-6-8-14)13(2)30-20(19)24-22(25)28/h4-8,10-11H,3,9,12H2,1-2H3,(H,23,26)(H,24,28). The first-order valence-corrected chi connectivity index (χ1v) is 10.5. The summed E-state index contributed by atoms with van der Waals surface area (Å²) in [5.41, 5.74) is 0.998. The van der Waals surface area contributed by atoms with Crippen molar-refractivity contribution in [3.05, 3.63) is 84.2 Å². The minimum absolute atomic E-state index is 0.0451. The molecule has 0 fully saturated rings. The van der Waals surface area contributed by atoms with Crippen molar-refractivity contribution >= 4 is 21.6 Å². The molecule has 0 amide bonds. The molecule has 0 unspecified atom stereocenters. The molecule has 0 atom stereocenters. The van der Waals surface area contributed by atoms with E-state index in [1.54, 1.807) is 0 Å². The van der Waals surface area contributed by atoms with Crippen molar-refractivity contribution in [2.24, 2.45) is 0 Å². The third-order valence-electron chi connectivity index (χ3n) is 4.80. The lowest BCUT2D eigenvalue weighted by molar-refractivity contribution is 0.313. The van der Waals surface area contributed by atoms with Crippen molar-refractivity contribution in [1.29, 1.82) is 0 Å². The number of aromatic nitrogens is 3. The number of aromatic amines is 2. The first-order chi connectivity index (χ1) is 14.5. The number of fused-ring (bicyclic) bond motifs is 1. The first kappa shape index (κ1) is 19.9. The minimum Gasteiger partial charge on any atom is -0.488 e. The van der Waals surface area contributed by atoms with E-state index in [-0.39, 0.29) is 23.3 Å². The molecule has 7 nitrogen and oxygen atoms in total. The molecule has 0 aliphatic carbocycles. The zero-order valence-corrected chi connectivity index (χ0v) is 17.5. The van der Waals surface area contributed by atoms with E-state index in [0.29, 0.717) is 22.5 Å². The van der Waals surface area contributed by atoms with E-state index in [2.05, 4.69) is 9.97 Å². The Morgan fingerprint density at radius 2 is 1.90 bits per heavy atom. The van der Waals surface area contributed by atoms with Gasteiger partial charge >= 0.3 is 5.69 Å². The number of pyridine rings is 1. The number of nitrogens with zero attached hydrogens (tertiary/aromatic N) is 1. The van der Waals surface area contributed by atoms with Crippen molar-refractivity contribution in [2.45, 2.75) is 26.8 Å². The predicted octanol–water partition coefficient (Wildman–Crippen LogP) is 3.25. The highest BCUT2D eigenvalue weighted by molar-refractivity contribution is 7.19. The van der Waals surface area contributed by atoms with Crippen LogP contribution in [0.1, 0.15) is 23.9 Å². The number of nitrogens with one attached hydrogen (secondary N) is 2. The summed E-state index contributed by atoms with van der Waals surface area (Å²) in [6.45, 7) is 4.28.